The second kappa shape index (κ2) is 6.02. The highest BCUT2D eigenvalue weighted by Gasteiger charge is 2.44. The van der Waals surface area contributed by atoms with E-state index in [1.54, 1.807) is 6.20 Å². The molecule has 8 nitrogen and oxygen atoms in total. The van der Waals surface area contributed by atoms with Crippen molar-refractivity contribution < 1.29 is 0 Å². The zero-order chi connectivity index (χ0) is 19.3. The average Bonchev–Trinajstić information content (AvgIpc) is 3.39. The van der Waals surface area contributed by atoms with Crippen molar-refractivity contribution in [3.05, 3.63) is 42.6 Å². The van der Waals surface area contributed by atoms with Gasteiger partial charge in [0.05, 0.1) is 47.8 Å². The first kappa shape index (κ1) is 16.7. The van der Waals surface area contributed by atoms with E-state index in [0.717, 1.165) is 46.7 Å². The molecule has 0 spiro atoms. The molecular formula is C20H20N8. The molecule has 0 atom stereocenters. The Hall–Kier alpha value is -3.47. The fourth-order valence-corrected chi connectivity index (χ4v) is 4.31. The molecule has 4 aromatic heterocycles. The van der Waals surface area contributed by atoms with Crippen LogP contribution in [0, 0.1) is 24.2 Å². The summed E-state index contributed by atoms with van der Waals surface area (Å²) in [5.74, 6) is 0.617. The van der Waals surface area contributed by atoms with Crippen LogP contribution in [-0.4, -0.2) is 34.6 Å². The number of fused-ring (bicyclic) bond motifs is 1. The summed E-state index contributed by atoms with van der Waals surface area (Å²) >= 11 is 0. The van der Waals surface area contributed by atoms with Crippen molar-refractivity contribution in [3.8, 4) is 28.7 Å². The number of nitrogens with one attached hydrogen (secondary N) is 1. The summed E-state index contributed by atoms with van der Waals surface area (Å²) in [5, 5.41) is 25.6. The summed E-state index contributed by atoms with van der Waals surface area (Å²) in [7, 11) is 0. The molecule has 140 valence electrons. The monoisotopic (exact) mass is 372 g/mol. The van der Waals surface area contributed by atoms with Crippen molar-refractivity contribution in [2.75, 3.05) is 0 Å². The normalized spacial score (nSPS) is 21.5. The highest BCUT2D eigenvalue weighted by Crippen LogP contribution is 2.46. The van der Waals surface area contributed by atoms with Crippen LogP contribution in [0.5, 0.6) is 0 Å². The van der Waals surface area contributed by atoms with Gasteiger partial charge >= 0.3 is 0 Å². The Morgan fingerprint density at radius 3 is 2.86 bits per heavy atom. The van der Waals surface area contributed by atoms with E-state index in [4.69, 9.17) is 4.98 Å². The molecule has 28 heavy (non-hydrogen) atoms. The van der Waals surface area contributed by atoms with Crippen molar-refractivity contribution >= 4 is 5.52 Å². The molecule has 8 heteroatoms. The fraction of sp³-hybridized carbons (Fsp3) is 0.350. The van der Waals surface area contributed by atoms with Gasteiger partial charge in [0.15, 0.2) is 0 Å². The Balaban J connectivity index is 1.61. The van der Waals surface area contributed by atoms with Gasteiger partial charge in [0, 0.05) is 17.5 Å². The Kier molecular flexibility index (Phi) is 3.59. The molecule has 0 bridgehead atoms. The van der Waals surface area contributed by atoms with Crippen LogP contribution in [-0.2, 0) is 5.54 Å². The van der Waals surface area contributed by atoms with Gasteiger partial charge in [0.1, 0.15) is 11.4 Å². The van der Waals surface area contributed by atoms with Crippen LogP contribution in [0.25, 0.3) is 28.2 Å². The molecular weight excluding hydrogens is 352 g/mol. The Bertz CT molecular complexity index is 1200. The molecule has 4 aromatic rings. The minimum absolute atomic E-state index is 0.195. The third-order valence-electron chi connectivity index (χ3n) is 5.57. The molecule has 0 radical (unpaired) electrons. The summed E-state index contributed by atoms with van der Waals surface area (Å²) < 4.78 is 3.78. The molecule has 0 aliphatic heterocycles. The number of aromatic nitrogens is 7. The van der Waals surface area contributed by atoms with Gasteiger partial charge in [-0.3, -0.25) is 9.78 Å². The van der Waals surface area contributed by atoms with Crippen LogP contribution in [0.3, 0.4) is 0 Å². The second-order valence-electron chi connectivity index (χ2n) is 7.82. The Labute approximate surface area is 161 Å². The summed E-state index contributed by atoms with van der Waals surface area (Å²) in [6, 6.07) is 6.24. The van der Waals surface area contributed by atoms with Crippen molar-refractivity contribution in [1.29, 1.82) is 5.26 Å². The first-order chi connectivity index (χ1) is 13.6. The minimum atomic E-state index is -0.195. The third kappa shape index (κ3) is 2.51. The van der Waals surface area contributed by atoms with E-state index in [1.807, 2.05) is 46.8 Å². The maximum atomic E-state index is 9.29. The Morgan fingerprint density at radius 2 is 2.14 bits per heavy atom. The van der Waals surface area contributed by atoms with E-state index in [2.05, 4.69) is 33.4 Å². The average molecular weight is 372 g/mol. The van der Waals surface area contributed by atoms with E-state index >= 15 is 0 Å². The highest BCUT2D eigenvalue weighted by molar-refractivity contribution is 5.77. The molecule has 5 rings (SSSR count). The lowest BCUT2D eigenvalue weighted by atomic mass is 9.67. The number of nitriles is 1. The number of hydrogen-bond acceptors (Lipinski definition) is 5. The van der Waals surface area contributed by atoms with E-state index in [-0.39, 0.29) is 5.54 Å². The van der Waals surface area contributed by atoms with Gasteiger partial charge in [0.25, 0.3) is 0 Å². The van der Waals surface area contributed by atoms with Crippen LogP contribution >= 0.6 is 0 Å². The number of rotatable bonds is 4. The molecule has 4 heterocycles. The molecule has 1 fully saturated rings. The van der Waals surface area contributed by atoms with Crippen LogP contribution in [0.1, 0.15) is 31.9 Å². The quantitative estimate of drug-likeness (QED) is 0.592. The second-order valence-corrected chi connectivity index (χ2v) is 7.82. The molecule has 1 N–H and O–H groups in total. The SMILES string of the molecule is Cc1cc(-c2cn3nccc3c(-c3cnn([C@]4(CC#N)C[C@@H](C)C4)c3)n2)n[nH]1. The van der Waals surface area contributed by atoms with Crippen molar-refractivity contribution in [2.24, 2.45) is 5.92 Å². The lowest BCUT2D eigenvalue weighted by Gasteiger charge is -2.45. The predicted octanol–water partition coefficient (Wildman–Crippen LogP) is 3.33. The number of aryl methyl sites for hydroxylation is 1. The maximum absolute atomic E-state index is 9.29. The summed E-state index contributed by atoms with van der Waals surface area (Å²) in [6.45, 7) is 4.18. The molecule has 0 unspecified atom stereocenters. The van der Waals surface area contributed by atoms with Crippen LogP contribution in [0.4, 0.5) is 0 Å². The van der Waals surface area contributed by atoms with Gasteiger partial charge in [-0.25, -0.2) is 9.50 Å². The maximum Gasteiger partial charge on any atom is 0.112 e. The van der Waals surface area contributed by atoms with Gasteiger partial charge in [-0.2, -0.15) is 20.6 Å². The topological polar surface area (TPSA) is 100 Å². The van der Waals surface area contributed by atoms with Crippen molar-refractivity contribution in [1.82, 2.24) is 34.6 Å². The number of nitrogens with zero attached hydrogens (tertiary/aromatic N) is 7. The molecule has 1 aliphatic rings. The molecule has 1 saturated carbocycles. The van der Waals surface area contributed by atoms with Crippen LogP contribution < -0.4 is 0 Å². The van der Waals surface area contributed by atoms with Crippen molar-refractivity contribution in [3.63, 3.8) is 0 Å². The summed E-state index contributed by atoms with van der Waals surface area (Å²) in [5.41, 5.74) is 4.93. The van der Waals surface area contributed by atoms with Crippen LogP contribution in [0.15, 0.2) is 36.9 Å². The first-order valence-corrected chi connectivity index (χ1v) is 9.37. The van der Waals surface area contributed by atoms with Crippen LogP contribution in [0.2, 0.25) is 0 Å². The largest absolute Gasteiger partial charge is 0.282 e. The standard InChI is InChI=1S/C20H20N8/c1-13-8-20(9-13,4-5-21)28-11-15(10-23-28)19-18-3-6-22-27(18)12-17(24-19)16-7-14(2)25-26-16/h3,6-7,10-13H,4,8-9H2,1-2H3,(H,25,26)/t13-,20-. The lowest BCUT2D eigenvalue weighted by Crippen LogP contribution is -2.45. The predicted molar refractivity (Wildman–Crippen MR) is 103 cm³/mol. The number of hydrogen-bond donors (Lipinski definition) is 1. The fourth-order valence-electron chi connectivity index (χ4n) is 4.31. The van der Waals surface area contributed by atoms with E-state index < -0.39 is 0 Å². The number of aromatic amines is 1. The molecule has 0 aromatic carbocycles. The van der Waals surface area contributed by atoms with Gasteiger partial charge in [0.2, 0.25) is 0 Å². The third-order valence-corrected chi connectivity index (χ3v) is 5.57. The van der Waals surface area contributed by atoms with E-state index in [9.17, 15) is 5.26 Å². The lowest BCUT2D eigenvalue weighted by molar-refractivity contribution is 0.0682. The first-order valence-electron chi connectivity index (χ1n) is 9.37. The minimum Gasteiger partial charge on any atom is -0.282 e. The van der Waals surface area contributed by atoms with Gasteiger partial charge in [-0.15, -0.1) is 0 Å². The van der Waals surface area contributed by atoms with Gasteiger partial charge < -0.3 is 0 Å². The van der Waals surface area contributed by atoms with E-state index in [0.29, 0.717) is 12.3 Å². The zero-order valence-electron chi connectivity index (χ0n) is 15.8. The Morgan fingerprint density at radius 1 is 1.29 bits per heavy atom. The molecule has 0 saturated heterocycles. The van der Waals surface area contributed by atoms with Gasteiger partial charge in [-0.1, -0.05) is 6.92 Å². The summed E-state index contributed by atoms with van der Waals surface area (Å²) in [6.07, 6.45) is 9.91. The smallest absolute Gasteiger partial charge is 0.112 e. The van der Waals surface area contributed by atoms with Crippen molar-refractivity contribution in [2.45, 2.75) is 38.6 Å². The van der Waals surface area contributed by atoms with E-state index in [1.165, 1.54) is 0 Å². The highest BCUT2D eigenvalue weighted by atomic mass is 15.3. The summed E-state index contributed by atoms with van der Waals surface area (Å²) in [4.78, 5) is 4.87. The molecule has 1 aliphatic carbocycles. The number of H-pyrrole nitrogens is 1. The zero-order valence-corrected chi connectivity index (χ0v) is 15.8. The molecule has 0 amide bonds. The van der Waals surface area contributed by atoms with Gasteiger partial charge in [-0.05, 0) is 37.8 Å².